The number of nitrogens with one attached hydrogen (secondary N) is 1. The van der Waals surface area contributed by atoms with Crippen molar-refractivity contribution in [2.24, 2.45) is 5.73 Å². The van der Waals surface area contributed by atoms with Gasteiger partial charge in [0.1, 0.15) is 5.78 Å². The van der Waals surface area contributed by atoms with Crippen molar-refractivity contribution >= 4 is 23.1 Å². The standard InChI is InChI=1S/C16H23N3O3/c1-12(20)15(17)5-6-16(21)18-13-3-2-4-14(11-13)19-7-9-22-10-8-19/h2-4,11,15H,5-10,17H2,1H3,(H,18,21)/t15-/m0/s1. The van der Waals surface area contributed by atoms with Crippen LogP contribution in [0, 0.1) is 0 Å². The van der Waals surface area contributed by atoms with Crippen molar-refractivity contribution in [1.82, 2.24) is 0 Å². The monoisotopic (exact) mass is 305 g/mol. The number of hydrogen-bond acceptors (Lipinski definition) is 5. The molecular weight excluding hydrogens is 282 g/mol. The number of benzene rings is 1. The topological polar surface area (TPSA) is 84.7 Å². The molecule has 1 aliphatic heterocycles. The third-order valence-corrected chi connectivity index (χ3v) is 3.71. The quantitative estimate of drug-likeness (QED) is 0.824. The Morgan fingerprint density at radius 2 is 2.09 bits per heavy atom. The molecule has 1 aromatic carbocycles. The first-order chi connectivity index (χ1) is 10.6. The molecule has 2 rings (SSSR count). The summed E-state index contributed by atoms with van der Waals surface area (Å²) in [6, 6.07) is 7.18. The van der Waals surface area contributed by atoms with Crippen LogP contribution in [0.2, 0.25) is 0 Å². The lowest BCUT2D eigenvalue weighted by Gasteiger charge is -2.29. The maximum atomic E-state index is 11.9. The Morgan fingerprint density at radius 3 is 2.77 bits per heavy atom. The molecular formula is C16H23N3O3. The Hall–Kier alpha value is -1.92. The molecule has 0 bridgehead atoms. The van der Waals surface area contributed by atoms with Crippen molar-refractivity contribution in [2.75, 3.05) is 36.5 Å². The number of Topliss-reactive ketones (excluding diaryl/α,β-unsaturated/α-hetero) is 1. The van der Waals surface area contributed by atoms with Gasteiger partial charge in [0.05, 0.1) is 19.3 Å². The van der Waals surface area contributed by atoms with Gasteiger partial charge in [0.25, 0.3) is 0 Å². The van der Waals surface area contributed by atoms with Crippen LogP contribution < -0.4 is 16.0 Å². The van der Waals surface area contributed by atoms with E-state index in [2.05, 4.69) is 10.2 Å². The minimum absolute atomic E-state index is 0.0953. The minimum Gasteiger partial charge on any atom is -0.378 e. The summed E-state index contributed by atoms with van der Waals surface area (Å²) >= 11 is 0. The Bertz CT molecular complexity index is 527. The Balaban J connectivity index is 1.89. The maximum absolute atomic E-state index is 11.9. The number of anilines is 2. The molecule has 0 aromatic heterocycles. The van der Waals surface area contributed by atoms with Crippen LogP contribution >= 0.6 is 0 Å². The molecule has 1 saturated heterocycles. The number of morpholine rings is 1. The number of rotatable bonds is 6. The van der Waals surface area contributed by atoms with Crippen LogP contribution in [-0.4, -0.2) is 44.0 Å². The highest BCUT2D eigenvalue weighted by Crippen LogP contribution is 2.20. The lowest BCUT2D eigenvalue weighted by Crippen LogP contribution is -2.36. The molecule has 1 fully saturated rings. The van der Waals surface area contributed by atoms with Gasteiger partial charge >= 0.3 is 0 Å². The van der Waals surface area contributed by atoms with Gasteiger partial charge in [0.15, 0.2) is 0 Å². The molecule has 0 spiro atoms. The van der Waals surface area contributed by atoms with Crippen LogP contribution in [0.3, 0.4) is 0 Å². The summed E-state index contributed by atoms with van der Waals surface area (Å²) in [7, 11) is 0. The summed E-state index contributed by atoms with van der Waals surface area (Å²) in [6.45, 7) is 4.59. The second kappa shape index (κ2) is 7.91. The lowest BCUT2D eigenvalue weighted by molar-refractivity contribution is -0.119. The van der Waals surface area contributed by atoms with E-state index in [9.17, 15) is 9.59 Å². The van der Waals surface area contributed by atoms with Crippen molar-refractivity contribution < 1.29 is 14.3 Å². The van der Waals surface area contributed by atoms with Crippen LogP contribution in [0.4, 0.5) is 11.4 Å². The number of nitrogens with two attached hydrogens (primary N) is 1. The summed E-state index contributed by atoms with van der Waals surface area (Å²) in [5.74, 6) is -0.224. The van der Waals surface area contributed by atoms with Crippen molar-refractivity contribution in [3.05, 3.63) is 24.3 Å². The number of hydrogen-bond donors (Lipinski definition) is 2. The van der Waals surface area contributed by atoms with E-state index in [4.69, 9.17) is 10.5 Å². The van der Waals surface area contributed by atoms with Crippen LogP contribution in [0.1, 0.15) is 19.8 Å². The zero-order valence-electron chi connectivity index (χ0n) is 12.9. The molecule has 6 nitrogen and oxygen atoms in total. The maximum Gasteiger partial charge on any atom is 0.224 e. The summed E-state index contributed by atoms with van der Waals surface area (Å²) in [5.41, 5.74) is 7.46. The number of nitrogens with zero attached hydrogens (tertiary/aromatic N) is 1. The van der Waals surface area contributed by atoms with E-state index >= 15 is 0 Å². The van der Waals surface area contributed by atoms with Crippen molar-refractivity contribution in [3.63, 3.8) is 0 Å². The van der Waals surface area contributed by atoms with E-state index in [1.165, 1.54) is 6.92 Å². The van der Waals surface area contributed by atoms with E-state index in [1.807, 2.05) is 24.3 Å². The molecule has 0 radical (unpaired) electrons. The summed E-state index contributed by atoms with van der Waals surface area (Å²) < 4.78 is 5.34. The molecule has 22 heavy (non-hydrogen) atoms. The number of carbonyl (C=O) groups is 2. The van der Waals surface area contributed by atoms with Crippen LogP contribution in [0.5, 0.6) is 0 Å². The fourth-order valence-electron chi connectivity index (χ4n) is 2.32. The molecule has 6 heteroatoms. The van der Waals surface area contributed by atoms with Gasteiger partial charge in [-0.2, -0.15) is 0 Å². The number of ketones is 1. The molecule has 0 aliphatic carbocycles. The van der Waals surface area contributed by atoms with Crippen molar-refractivity contribution in [3.8, 4) is 0 Å². The summed E-state index contributed by atoms with van der Waals surface area (Å²) in [5, 5.41) is 2.85. The van der Waals surface area contributed by atoms with Gasteiger partial charge in [-0.25, -0.2) is 0 Å². The average Bonchev–Trinajstić information content (AvgIpc) is 2.53. The SMILES string of the molecule is CC(=O)[C@@H](N)CCC(=O)Nc1cccc(N2CCOCC2)c1. The van der Waals surface area contributed by atoms with Crippen molar-refractivity contribution in [2.45, 2.75) is 25.8 Å². The summed E-state index contributed by atoms with van der Waals surface area (Å²) in [4.78, 5) is 25.2. The third-order valence-electron chi connectivity index (χ3n) is 3.71. The zero-order chi connectivity index (χ0) is 15.9. The van der Waals surface area contributed by atoms with E-state index in [0.717, 1.165) is 37.7 Å². The largest absolute Gasteiger partial charge is 0.378 e. The van der Waals surface area contributed by atoms with Gasteiger partial charge in [-0.1, -0.05) is 6.07 Å². The number of amides is 1. The summed E-state index contributed by atoms with van der Waals surface area (Å²) in [6.07, 6.45) is 0.604. The molecule has 1 aromatic rings. The second-order valence-electron chi connectivity index (χ2n) is 5.45. The molecule has 1 amide bonds. The van der Waals surface area contributed by atoms with Crippen molar-refractivity contribution in [1.29, 1.82) is 0 Å². The van der Waals surface area contributed by atoms with E-state index in [0.29, 0.717) is 6.42 Å². The fraction of sp³-hybridized carbons (Fsp3) is 0.500. The van der Waals surface area contributed by atoms with Gasteiger partial charge in [-0.15, -0.1) is 0 Å². The first-order valence-corrected chi connectivity index (χ1v) is 7.55. The van der Waals surface area contributed by atoms with Crippen LogP contribution in [0.15, 0.2) is 24.3 Å². The smallest absolute Gasteiger partial charge is 0.224 e. The highest BCUT2D eigenvalue weighted by Gasteiger charge is 2.13. The first kappa shape index (κ1) is 16.5. The lowest BCUT2D eigenvalue weighted by atomic mass is 10.1. The molecule has 120 valence electrons. The molecule has 1 heterocycles. The minimum atomic E-state index is -0.564. The van der Waals surface area contributed by atoms with Gasteiger partial charge in [0.2, 0.25) is 5.91 Å². The van der Waals surface area contributed by atoms with E-state index in [1.54, 1.807) is 0 Å². The Morgan fingerprint density at radius 1 is 1.36 bits per heavy atom. The highest BCUT2D eigenvalue weighted by atomic mass is 16.5. The molecule has 3 N–H and O–H groups in total. The van der Waals surface area contributed by atoms with Gasteiger partial charge in [-0.05, 0) is 31.5 Å². The molecule has 0 unspecified atom stereocenters. The number of carbonyl (C=O) groups excluding carboxylic acids is 2. The molecule has 0 saturated carbocycles. The van der Waals surface area contributed by atoms with Crippen LogP contribution in [-0.2, 0) is 14.3 Å². The predicted octanol–water partition coefficient (Wildman–Crippen LogP) is 1.16. The second-order valence-corrected chi connectivity index (χ2v) is 5.45. The van der Waals surface area contributed by atoms with E-state index in [-0.39, 0.29) is 18.1 Å². The first-order valence-electron chi connectivity index (χ1n) is 7.55. The average molecular weight is 305 g/mol. The van der Waals surface area contributed by atoms with E-state index < -0.39 is 6.04 Å². The zero-order valence-corrected chi connectivity index (χ0v) is 12.9. The molecule has 1 atom stereocenters. The predicted molar refractivity (Wildman–Crippen MR) is 86.0 cm³/mol. The highest BCUT2D eigenvalue weighted by molar-refractivity contribution is 5.92. The van der Waals surface area contributed by atoms with Crippen LogP contribution in [0.25, 0.3) is 0 Å². The third kappa shape index (κ3) is 4.82. The van der Waals surface area contributed by atoms with Gasteiger partial charge in [-0.3, -0.25) is 9.59 Å². The number of ether oxygens (including phenoxy) is 1. The fourth-order valence-corrected chi connectivity index (χ4v) is 2.32. The van der Waals surface area contributed by atoms with Gasteiger partial charge < -0.3 is 20.7 Å². The van der Waals surface area contributed by atoms with Gasteiger partial charge in [0, 0.05) is 30.9 Å². The normalized spacial score (nSPS) is 16.2. The molecule has 1 aliphatic rings. The Labute approximate surface area is 130 Å². The Kier molecular flexibility index (Phi) is 5.91.